The summed E-state index contributed by atoms with van der Waals surface area (Å²) in [5.74, 6) is 1.41. The van der Waals surface area contributed by atoms with Crippen LogP contribution in [0.1, 0.15) is 0 Å². The number of rotatable bonds is 8. The number of anilines is 3. The lowest BCUT2D eigenvalue weighted by Crippen LogP contribution is -2.99. The summed E-state index contributed by atoms with van der Waals surface area (Å²) in [5, 5.41) is 26.1. The Morgan fingerprint density at radius 2 is 1.85 bits per heavy atom. The lowest BCUT2D eigenvalue weighted by molar-refractivity contribution is -0.990. The number of aromatic amines is 1. The average molecular weight is 525 g/mol. The van der Waals surface area contributed by atoms with E-state index in [-0.39, 0.29) is 23.9 Å². The highest BCUT2D eigenvalue weighted by atomic mass is 35.5. The van der Waals surface area contributed by atoms with Crippen molar-refractivity contribution in [2.75, 3.05) is 29.5 Å². The van der Waals surface area contributed by atoms with E-state index in [9.17, 15) is 5.21 Å². The number of hydrogen-bond donors (Lipinski definition) is 6. The Morgan fingerprint density at radius 3 is 2.53 bits per heavy atom. The van der Waals surface area contributed by atoms with Crippen LogP contribution in [0.3, 0.4) is 0 Å². The molecule has 0 radical (unpaired) electrons. The van der Waals surface area contributed by atoms with Gasteiger partial charge in [0.1, 0.15) is 11.6 Å². The molecule has 3 aromatic heterocycles. The van der Waals surface area contributed by atoms with E-state index in [1.165, 1.54) is 6.07 Å². The molecule has 7 N–H and O–H groups in total. The zero-order valence-electron chi connectivity index (χ0n) is 17.4. The van der Waals surface area contributed by atoms with Crippen molar-refractivity contribution >= 4 is 58.9 Å². The summed E-state index contributed by atoms with van der Waals surface area (Å²) >= 11 is 12.5. The summed E-state index contributed by atoms with van der Waals surface area (Å²) in [6.45, 7) is 0.912. The third-order valence-corrected chi connectivity index (χ3v) is 5.15. The van der Waals surface area contributed by atoms with Gasteiger partial charge in [0.05, 0.1) is 16.3 Å². The molecule has 0 aliphatic rings. The van der Waals surface area contributed by atoms with E-state index < -0.39 is 5.23 Å². The minimum atomic E-state index is -1.13. The molecule has 1 atom stereocenters. The lowest BCUT2D eigenvalue weighted by atomic mass is 10.1. The first kappa shape index (κ1) is 25.4. The van der Waals surface area contributed by atoms with Crippen LogP contribution in [-0.4, -0.2) is 43.2 Å². The summed E-state index contributed by atoms with van der Waals surface area (Å²) < 4.78 is 0. The molecule has 0 amide bonds. The Balaban J connectivity index is 0.00000324. The van der Waals surface area contributed by atoms with Gasteiger partial charge in [-0.15, -0.1) is 12.4 Å². The highest BCUT2D eigenvalue weighted by Crippen LogP contribution is 2.34. The highest BCUT2D eigenvalue weighted by molar-refractivity contribution is 6.36. The number of nitrogens with zero attached hydrogens (tertiary/aromatic N) is 4. The second-order valence-electron chi connectivity index (χ2n) is 6.81. The minimum absolute atomic E-state index is 0. The Kier molecular flexibility index (Phi) is 8.45. The zero-order chi connectivity index (χ0) is 23.4. The normalized spacial score (nSPS) is 11.5. The van der Waals surface area contributed by atoms with Gasteiger partial charge in [0, 0.05) is 48.3 Å². The van der Waals surface area contributed by atoms with Crippen molar-refractivity contribution in [2.24, 2.45) is 0 Å². The maximum absolute atomic E-state index is 11.0. The monoisotopic (exact) mass is 523 g/mol. The van der Waals surface area contributed by atoms with Crippen LogP contribution in [0, 0.1) is 5.21 Å². The number of imidazole rings is 1. The minimum Gasteiger partial charge on any atom is -0.595 e. The van der Waals surface area contributed by atoms with Gasteiger partial charge in [-0.3, -0.25) is 0 Å². The number of pyridine rings is 1. The predicted molar refractivity (Wildman–Crippen MR) is 134 cm³/mol. The van der Waals surface area contributed by atoms with Crippen molar-refractivity contribution < 1.29 is 10.4 Å². The van der Waals surface area contributed by atoms with Crippen LogP contribution in [0.4, 0.5) is 23.3 Å². The number of H-pyrrole nitrogens is 1. The van der Waals surface area contributed by atoms with E-state index in [4.69, 9.17) is 34.1 Å². The van der Waals surface area contributed by atoms with Crippen molar-refractivity contribution in [3.63, 3.8) is 0 Å². The number of nitrogens with one attached hydrogen (secondary N) is 4. The Hall–Kier alpha value is -3.19. The third kappa shape index (κ3) is 5.83. The van der Waals surface area contributed by atoms with E-state index in [0.29, 0.717) is 57.5 Å². The fourth-order valence-electron chi connectivity index (χ4n) is 3.06. The zero-order valence-corrected chi connectivity index (χ0v) is 19.7. The van der Waals surface area contributed by atoms with E-state index in [1.807, 2.05) is 0 Å². The van der Waals surface area contributed by atoms with Crippen LogP contribution in [0.2, 0.25) is 10.0 Å². The van der Waals surface area contributed by atoms with Gasteiger partial charge in [-0.2, -0.15) is 5.23 Å². The van der Waals surface area contributed by atoms with Gasteiger partial charge in [-0.25, -0.2) is 25.1 Å². The molecule has 0 bridgehead atoms. The number of nitrogens with two attached hydrogens (primary N) is 1. The quantitative estimate of drug-likeness (QED) is 0.150. The van der Waals surface area contributed by atoms with Gasteiger partial charge in [0.15, 0.2) is 5.82 Å². The van der Waals surface area contributed by atoms with E-state index in [1.54, 1.807) is 42.9 Å². The Labute approximate surface area is 210 Å². The van der Waals surface area contributed by atoms with Crippen molar-refractivity contribution in [1.82, 2.24) is 24.9 Å². The largest absolute Gasteiger partial charge is 0.595 e. The molecule has 3 heterocycles. The molecule has 0 aliphatic heterocycles. The number of nitrogen functional groups attached to an aromatic ring is 1. The van der Waals surface area contributed by atoms with Gasteiger partial charge in [0.25, 0.3) is 0 Å². The standard InChI is InChI=1S/C20H19Cl2N9O2.ClH/c21-11-1-2-12(14(22)9-11)17-13(19-25-6-7-26-19)10-28-20(30-17)27-8-5-24-16-4-3-15(31(32)33)18(23)29-16;/h1-4,6-7,9-10,31-32H,5,8H2,(H,25,26)(H3,23,24,29)(H,27,28,30);1H. The molecule has 0 fully saturated rings. The molecular weight excluding hydrogens is 505 g/mol. The van der Waals surface area contributed by atoms with Crippen molar-refractivity contribution in [2.45, 2.75) is 0 Å². The van der Waals surface area contributed by atoms with Crippen molar-refractivity contribution in [3.05, 3.63) is 64.2 Å². The third-order valence-electron chi connectivity index (χ3n) is 4.60. The van der Waals surface area contributed by atoms with Crippen LogP contribution in [0.25, 0.3) is 22.6 Å². The maximum atomic E-state index is 11.0. The summed E-state index contributed by atoms with van der Waals surface area (Å²) in [6.07, 6.45) is 5.02. The predicted octanol–water partition coefficient (Wildman–Crippen LogP) is 3.17. The second-order valence-corrected chi connectivity index (χ2v) is 7.65. The molecule has 14 heteroatoms. The topological polar surface area (TPSA) is 165 Å². The van der Waals surface area contributed by atoms with Gasteiger partial charge in [0.2, 0.25) is 11.6 Å². The number of halogens is 3. The SMILES string of the molecule is Cl.Nc1nc(NCCNc2ncc(-c3ncc[nH]3)c(-c3ccc(Cl)cc3Cl)n2)ccc1[NH+]([O-])O. The lowest BCUT2D eigenvalue weighted by Gasteiger charge is -2.14. The highest BCUT2D eigenvalue weighted by Gasteiger charge is 2.16. The molecule has 1 unspecified atom stereocenters. The van der Waals surface area contributed by atoms with Crippen LogP contribution in [0.15, 0.2) is 48.9 Å². The van der Waals surface area contributed by atoms with Gasteiger partial charge in [-0.1, -0.05) is 23.2 Å². The molecule has 11 nitrogen and oxygen atoms in total. The summed E-state index contributed by atoms with van der Waals surface area (Å²) in [6, 6.07) is 8.13. The van der Waals surface area contributed by atoms with E-state index in [2.05, 4.69) is 35.6 Å². The summed E-state index contributed by atoms with van der Waals surface area (Å²) in [4.78, 5) is 20.4. The molecule has 1 aromatic carbocycles. The molecule has 34 heavy (non-hydrogen) atoms. The molecule has 0 spiro atoms. The molecule has 4 rings (SSSR count). The summed E-state index contributed by atoms with van der Waals surface area (Å²) in [5.41, 5.74) is 7.60. The first-order chi connectivity index (χ1) is 15.9. The smallest absolute Gasteiger partial charge is 0.223 e. The summed E-state index contributed by atoms with van der Waals surface area (Å²) in [7, 11) is 0. The molecule has 0 saturated heterocycles. The van der Waals surface area contributed by atoms with Crippen LogP contribution >= 0.6 is 35.6 Å². The first-order valence-electron chi connectivity index (χ1n) is 9.72. The van der Waals surface area contributed by atoms with Crippen LogP contribution in [-0.2, 0) is 0 Å². The van der Waals surface area contributed by atoms with Crippen LogP contribution < -0.4 is 21.6 Å². The molecule has 4 aromatic rings. The number of hydrogen-bond acceptors (Lipinski definition) is 9. The van der Waals surface area contributed by atoms with E-state index >= 15 is 0 Å². The molecule has 0 saturated carbocycles. The number of benzene rings is 1. The Morgan fingerprint density at radius 1 is 1.06 bits per heavy atom. The molecule has 178 valence electrons. The van der Waals surface area contributed by atoms with Crippen molar-refractivity contribution in [3.8, 4) is 22.6 Å². The van der Waals surface area contributed by atoms with Gasteiger partial charge in [-0.05, 0) is 24.3 Å². The fraction of sp³-hybridized carbons (Fsp3) is 0.100. The van der Waals surface area contributed by atoms with Gasteiger partial charge >= 0.3 is 0 Å². The molecule has 0 aliphatic carbocycles. The van der Waals surface area contributed by atoms with Gasteiger partial charge < -0.3 is 26.6 Å². The van der Waals surface area contributed by atoms with Crippen LogP contribution in [0.5, 0.6) is 0 Å². The average Bonchev–Trinajstić information content (AvgIpc) is 3.31. The van der Waals surface area contributed by atoms with Crippen molar-refractivity contribution in [1.29, 1.82) is 0 Å². The second kappa shape index (κ2) is 11.3. The molecular formula is C20H20Cl3N9O2. The Bertz CT molecular complexity index is 1260. The maximum Gasteiger partial charge on any atom is 0.223 e. The fourth-order valence-corrected chi connectivity index (χ4v) is 3.56. The number of aromatic nitrogens is 5. The van der Waals surface area contributed by atoms with E-state index in [0.717, 1.165) is 0 Å². The first-order valence-corrected chi connectivity index (χ1v) is 10.5. The number of quaternary nitrogens is 1.